The van der Waals surface area contributed by atoms with Crippen molar-refractivity contribution in [2.75, 3.05) is 6.61 Å². The minimum atomic E-state index is -0.381. The highest BCUT2D eigenvalue weighted by molar-refractivity contribution is 8.02. The molecule has 0 spiro atoms. The third kappa shape index (κ3) is 4.37. The first-order valence-corrected chi connectivity index (χ1v) is 11.1. The Balaban J connectivity index is 1.66. The Labute approximate surface area is 185 Å². The molecule has 5 nitrogen and oxygen atoms in total. The first kappa shape index (κ1) is 20.8. The Hall–Kier alpha value is -3.43. The molecular formula is C25H22N2O3S. The lowest BCUT2D eigenvalue weighted by molar-refractivity contribution is -0.120. The van der Waals surface area contributed by atoms with Gasteiger partial charge in [-0.05, 0) is 41.0 Å². The van der Waals surface area contributed by atoms with Crippen molar-refractivity contribution in [3.05, 3.63) is 82.4 Å². The second kappa shape index (κ2) is 9.15. The van der Waals surface area contributed by atoms with Crippen molar-refractivity contribution in [1.82, 2.24) is 5.32 Å². The monoisotopic (exact) mass is 430 g/mol. The van der Waals surface area contributed by atoms with Crippen LogP contribution in [0.1, 0.15) is 30.4 Å². The fraction of sp³-hybridized carbons (Fsp3) is 0.200. The molecule has 0 bridgehead atoms. The van der Waals surface area contributed by atoms with E-state index in [0.29, 0.717) is 28.7 Å². The van der Waals surface area contributed by atoms with Crippen molar-refractivity contribution in [3.8, 4) is 17.6 Å². The maximum atomic E-state index is 12.5. The number of aromatic hydroxyl groups is 1. The minimum Gasteiger partial charge on any atom is -0.504 e. The van der Waals surface area contributed by atoms with Crippen molar-refractivity contribution in [2.45, 2.75) is 25.0 Å². The van der Waals surface area contributed by atoms with Crippen LogP contribution < -0.4 is 10.1 Å². The largest absolute Gasteiger partial charge is 0.504 e. The first-order chi connectivity index (χ1) is 15.1. The molecule has 0 aliphatic carbocycles. The summed E-state index contributed by atoms with van der Waals surface area (Å²) in [7, 11) is 0. The summed E-state index contributed by atoms with van der Waals surface area (Å²) in [5.41, 5.74) is 2.45. The molecule has 0 fully saturated rings. The number of nitriles is 1. The highest BCUT2D eigenvalue weighted by atomic mass is 32.2. The molecule has 0 saturated carbocycles. The van der Waals surface area contributed by atoms with E-state index < -0.39 is 0 Å². The van der Waals surface area contributed by atoms with Gasteiger partial charge in [-0.3, -0.25) is 4.79 Å². The summed E-state index contributed by atoms with van der Waals surface area (Å²) in [4.78, 5) is 12.5. The topological polar surface area (TPSA) is 82.3 Å². The fourth-order valence-corrected chi connectivity index (χ4v) is 4.89. The van der Waals surface area contributed by atoms with Crippen molar-refractivity contribution in [2.24, 2.45) is 0 Å². The van der Waals surface area contributed by atoms with Gasteiger partial charge >= 0.3 is 0 Å². The Kier molecular flexibility index (Phi) is 6.15. The van der Waals surface area contributed by atoms with E-state index in [4.69, 9.17) is 4.74 Å². The van der Waals surface area contributed by atoms with E-state index in [9.17, 15) is 15.2 Å². The molecule has 2 N–H and O–H groups in total. The Morgan fingerprint density at radius 2 is 2.00 bits per heavy atom. The van der Waals surface area contributed by atoms with Crippen molar-refractivity contribution >= 4 is 28.4 Å². The lowest BCUT2D eigenvalue weighted by atomic mass is 9.87. The van der Waals surface area contributed by atoms with Gasteiger partial charge in [0.05, 0.1) is 23.3 Å². The number of nitrogens with one attached hydrogen (secondary N) is 1. The number of phenols is 1. The second-order valence-electron chi connectivity index (χ2n) is 7.25. The van der Waals surface area contributed by atoms with Crippen LogP contribution in [0.15, 0.2) is 71.3 Å². The van der Waals surface area contributed by atoms with E-state index in [1.807, 2.05) is 25.1 Å². The highest BCUT2D eigenvalue weighted by Crippen LogP contribution is 2.40. The molecule has 3 aromatic rings. The number of ether oxygens (including phenoxy) is 1. The summed E-state index contributed by atoms with van der Waals surface area (Å²) in [5.74, 6) is 0.519. The van der Waals surface area contributed by atoms with Crippen molar-refractivity contribution in [1.29, 1.82) is 5.26 Å². The predicted octanol–water partition coefficient (Wildman–Crippen LogP) is 5.22. The zero-order valence-electron chi connectivity index (χ0n) is 17.1. The van der Waals surface area contributed by atoms with E-state index in [1.165, 1.54) is 11.8 Å². The number of phenolic OH excluding ortho intramolecular Hbond substituents is 1. The summed E-state index contributed by atoms with van der Waals surface area (Å²) in [6.45, 7) is 2.25. The zero-order chi connectivity index (χ0) is 21.8. The highest BCUT2D eigenvalue weighted by Gasteiger charge is 2.30. The molecule has 4 rings (SSSR count). The van der Waals surface area contributed by atoms with Gasteiger partial charge in [0.2, 0.25) is 5.91 Å². The van der Waals surface area contributed by atoms with E-state index in [1.54, 1.807) is 18.2 Å². The summed E-state index contributed by atoms with van der Waals surface area (Å²) in [6.07, 6.45) is 0.178. The third-order valence-corrected chi connectivity index (χ3v) is 6.36. The molecule has 0 unspecified atom stereocenters. The number of nitrogens with zero attached hydrogens (tertiary/aromatic N) is 1. The summed E-state index contributed by atoms with van der Waals surface area (Å²) >= 11 is 1.46. The van der Waals surface area contributed by atoms with Crippen LogP contribution >= 0.6 is 11.8 Å². The van der Waals surface area contributed by atoms with Gasteiger partial charge in [-0.15, -0.1) is 11.8 Å². The van der Waals surface area contributed by atoms with E-state index >= 15 is 0 Å². The molecule has 0 radical (unpaired) electrons. The van der Waals surface area contributed by atoms with Gasteiger partial charge in [-0.1, -0.05) is 48.5 Å². The fourth-order valence-electron chi connectivity index (χ4n) is 3.80. The normalized spacial score (nSPS) is 16.1. The number of benzene rings is 3. The number of carbonyl (C=O) groups is 1. The smallest absolute Gasteiger partial charge is 0.225 e. The maximum absolute atomic E-state index is 12.5. The van der Waals surface area contributed by atoms with Crippen LogP contribution in [0.25, 0.3) is 10.8 Å². The number of thioether (sulfide) groups is 1. The molecule has 3 aromatic carbocycles. The van der Waals surface area contributed by atoms with Gasteiger partial charge in [-0.25, -0.2) is 0 Å². The average molecular weight is 431 g/mol. The molecule has 6 heteroatoms. The van der Waals surface area contributed by atoms with Gasteiger partial charge in [0.15, 0.2) is 11.5 Å². The predicted molar refractivity (Wildman–Crippen MR) is 123 cm³/mol. The molecule has 0 aromatic heterocycles. The second-order valence-corrected chi connectivity index (χ2v) is 8.23. The quantitative estimate of drug-likeness (QED) is 0.561. The molecule has 1 amide bonds. The number of amides is 1. The van der Waals surface area contributed by atoms with Crippen LogP contribution in [-0.2, 0) is 10.5 Å². The molecular weight excluding hydrogens is 408 g/mol. The van der Waals surface area contributed by atoms with Gasteiger partial charge < -0.3 is 15.2 Å². The van der Waals surface area contributed by atoms with E-state index in [-0.39, 0.29) is 24.0 Å². The van der Waals surface area contributed by atoms with Gasteiger partial charge in [0.1, 0.15) is 0 Å². The number of allylic oxidation sites excluding steroid dienone is 1. The molecule has 1 heterocycles. The lowest BCUT2D eigenvalue weighted by Crippen LogP contribution is -2.30. The standard InChI is InChI=1S/C25H22N2O3S/c1-2-30-23-12-17(10-11-22(23)28)20-13-24(29)27-25(21(20)14-26)31-15-18-8-5-7-16-6-3-4-9-19(16)18/h3-12,20,28H,2,13,15H2,1H3,(H,27,29)/t20-/m0/s1. The van der Waals surface area contributed by atoms with Crippen LogP contribution in [0.5, 0.6) is 11.5 Å². The maximum Gasteiger partial charge on any atom is 0.225 e. The van der Waals surface area contributed by atoms with Crippen molar-refractivity contribution < 1.29 is 14.6 Å². The lowest BCUT2D eigenvalue weighted by Gasteiger charge is -2.25. The molecule has 156 valence electrons. The van der Waals surface area contributed by atoms with Crippen molar-refractivity contribution in [3.63, 3.8) is 0 Å². The van der Waals surface area contributed by atoms with Crippen LogP contribution in [0, 0.1) is 11.3 Å². The van der Waals surface area contributed by atoms with Crippen LogP contribution in [0.4, 0.5) is 0 Å². The van der Waals surface area contributed by atoms with Gasteiger partial charge in [-0.2, -0.15) is 5.26 Å². The van der Waals surface area contributed by atoms with Crippen LogP contribution in [-0.4, -0.2) is 17.6 Å². The molecule has 31 heavy (non-hydrogen) atoms. The number of hydrogen-bond acceptors (Lipinski definition) is 5. The van der Waals surface area contributed by atoms with E-state index in [2.05, 4.69) is 35.7 Å². The Morgan fingerprint density at radius 3 is 2.81 bits per heavy atom. The van der Waals surface area contributed by atoms with Crippen LogP contribution in [0.3, 0.4) is 0 Å². The SMILES string of the molecule is CCOc1cc([C@@H]2CC(=O)NC(SCc3cccc4ccccc34)=C2C#N)ccc1O. The molecule has 0 saturated heterocycles. The van der Waals surface area contributed by atoms with E-state index in [0.717, 1.165) is 21.9 Å². The summed E-state index contributed by atoms with van der Waals surface area (Å²) in [5, 5.41) is 25.7. The Morgan fingerprint density at radius 1 is 1.19 bits per heavy atom. The molecule has 1 aliphatic heterocycles. The first-order valence-electron chi connectivity index (χ1n) is 10.1. The van der Waals surface area contributed by atoms with Crippen LogP contribution in [0.2, 0.25) is 0 Å². The number of fused-ring (bicyclic) bond motifs is 1. The van der Waals surface area contributed by atoms with Gasteiger partial charge in [0.25, 0.3) is 0 Å². The minimum absolute atomic E-state index is 0.0407. The van der Waals surface area contributed by atoms with Gasteiger partial charge in [0, 0.05) is 18.1 Å². The molecule has 1 aliphatic rings. The third-order valence-electron chi connectivity index (χ3n) is 5.29. The zero-order valence-corrected chi connectivity index (χ0v) is 17.9. The summed E-state index contributed by atoms with van der Waals surface area (Å²) < 4.78 is 5.48. The number of rotatable bonds is 6. The summed E-state index contributed by atoms with van der Waals surface area (Å²) in [6, 6.07) is 21.6. The average Bonchev–Trinajstić information content (AvgIpc) is 2.79. The Bertz CT molecular complexity index is 1210. The molecule has 1 atom stereocenters. The number of hydrogen-bond donors (Lipinski definition) is 2. The number of carbonyl (C=O) groups excluding carboxylic acids is 1.